The van der Waals surface area contributed by atoms with Crippen molar-refractivity contribution in [3.63, 3.8) is 0 Å². The minimum Gasteiger partial charge on any atom is 0 e. The van der Waals surface area contributed by atoms with Crippen LogP contribution in [-0.4, -0.2) is 48.4 Å². The van der Waals surface area contributed by atoms with Gasteiger partial charge in [-0.1, -0.05) is 0 Å². The topological polar surface area (TPSA) is 0 Å². The molecule has 0 aliphatic rings. The Bertz CT molecular complexity index is 8.00. The molecule has 0 atom stereocenters. The van der Waals surface area contributed by atoms with Gasteiger partial charge in [-0.15, -0.1) is 0 Å². The molecule has 21 valence electrons. The summed E-state index contributed by atoms with van der Waals surface area (Å²) in [6.45, 7) is 0. The van der Waals surface area contributed by atoms with Gasteiger partial charge in [0.2, 0.25) is 0 Å². The Kier molecular flexibility index (Phi) is 134. The van der Waals surface area contributed by atoms with Crippen LogP contribution in [0.4, 0.5) is 0 Å². The van der Waals surface area contributed by atoms with Crippen LogP contribution in [0.25, 0.3) is 0 Å². The molecular weight excluding hydrogens is 144 g/mol. The molecule has 0 amide bonds. The summed E-state index contributed by atoms with van der Waals surface area (Å²) in [4.78, 5) is 0. The summed E-state index contributed by atoms with van der Waals surface area (Å²) in [5.41, 5.74) is 0. The molecule has 1 radical (unpaired) electrons. The summed E-state index contributed by atoms with van der Waals surface area (Å²) in [5.74, 6) is 0. The van der Waals surface area contributed by atoms with Crippen molar-refractivity contribution in [3.05, 3.63) is 0 Å². The predicted molar refractivity (Wildman–Crippen MR) is 14.3 cm³/mol. The average Bonchev–Trinajstić information content (AvgIpc) is 0. The largest absolute Gasteiger partial charge is 0 e. The van der Waals surface area contributed by atoms with Crippen molar-refractivity contribution in [3.8, 4) is 0 Å². The van der Waals surface area contributed by atoms with Crippen LogP contribution in [-0.2, 0) is 33.6 Å². The fourth-order valence-electron chi connectivity index (χ4n) is 0. The quantitative estimate of drug-likeness (QED) is 0.372. The molecule has 0 heterocycles. The van der Waals surface area contributed by atoms with E-state index in [0.717, 1.165) is 0 Å². The van der Waals surface area contributed by atoms with Crippen molar-refractivity contribution in [2.24, 2.45) is 0 Å². The van der Waals surface area contributed by atoms with Crippen LogP contribution in [0.15, 0.2) is 0 Å². The van der Waals surface area contributed by atoms with Gasteiger partial charge < -0.3 is 0 Å². The molecule has 4 heteroatoms. The third kappa shape index (κ3) is 8.82. The molecule has 0 rings (SSSR count). The zero-order valence-electron chi connectivity index (χ0n) is 0.694. The number of hydrogen-bond donors (Lipinski definition) is 0. The molecule has 4 heavy (non-hydrogen) atoms. The van der Waals surface area contributed by atoms with Crippen LogP contribution in [0.1, 0.15) is 0 Å². The van der Waals surface area contributed by atoms with Crippen LogP contribution >= 0.6 is 0 Å². The Labute approximate surface area is 80.7 Å². The molecule has 0 nitrogen and oxygen atoms in total. The zero-order valence-corrected chi connectivity index (χ0v) is 2.86. The average molecular weight is 146 g/mol. The summed E-state index contributed by atoms with van der Waals surface area (Å²) in [6.07, 6.45) is 0. The van der Waals surface area contributed by atoms with E-state index < -0.39 is 0 Å². The number of rotatable bonds is 0. The van der Waals surface area contributed by atoms with Gasteiger partial charge in [-0.25, -0.2) is 0 Å². The van der Waals surface area contributed by atoms with Gasteiger partial charge in [0, 0.05) is 33.6 Å². The van der Waals surface area contributed by atoms with Crippen molar-refractivity contribution < 1.29 is 33.6 Å². The van der Waals surface area contributed by atoms with E-state index in [9.17, 15) is 0 Å². The summed E-state index contributed by atoms with van der Waals surface area (Å²) in [7, 11) is 0. The molecule has 0 aromatic rings. The van der Waals surface area contributed by atoms with Gasteiger partial charge in [0.15, 0.2) is 0 Å². The van der Waals surface area contributed by atoms with Crippen LogP contribution in [0.3, 0.4) is 0 Å². The third-order valence-electron chi connectivity index (χ3n) is 0. The van der Waals surface area contributed by atoms with Crippen molar-refractivity contribution in [1.82, 2.24) is 0 Å². The second-order valence-corrected chi connectivity index (χ2v) is 0. The maximum absolute atomic E-state index is 0. The smallest absolute Gasteiger partial charge is 0 e. The van der Waals surface area contributed by atoms with Crippen LogP contribution in [0.2, 0.25) is 0 Å². The monoisotopic (exact) mass is 145 g/mol. The van der Waals surface area contributed by atoms with Gasteiger partial charge in [-0.05, 0) is 0 Å². The first-order valence-electron chi connectivity index (χ1n) is 0. The van der Waals surface area contributed by atoms with Crippen molar-refractivity contribution in [2.45, 2.75) is 0 Å². The molecule has 0 aromatic heterocycles. The molecular formula is H2LiMnNaNi. The minimum atomic E-state index is 0. The summed E-state index contributed by atoms with van der Waals surface area (Å²) < 4.78 is 0. The molecule has 0 fully saturated rings. The molecule has 0 aliphatic heterocycles. The van der Waals surface area contributed by atoms with E-state index in [1.54, 1.807) is 0 Å². The molecule has 0 saturated heterocycles. The van der Waals surface area contributed by atoms with Gasteiger partial charge in [-0.3, -0.25) is 0 Å². The first-order chi connectivity index (χ1) is 0. The second-order valence-electron chi connectivity index (χ2n) is 0. The Morgan fingerprint density at radius 3 is 1.00 bits per heavy atom. The normalized spacial score (nSPS) is 0. The van der Waals surface area contributed by atoms with Gasteiger partial charge >= 0.3 is 48.4 Å². The van der Waals surface area contributed by atoms with E-state index in [1.165, 1.54) is 0 Å². The molecule has 0 spiro atoms. The summed E-state index contributed by atoms with van der Waals surface area (Å²) in [6, 6.07) is 0. The summed E-state index contributed by atoms with van der Waals surface area (Å²) in [5, 5.41) is 0. The second kappa shape index (κ2) is 17.5. The maximum atomic E-state index is 0. The van der Waals surface area contributed by atoms with Crippen LogP contribution < -0.4 is 0 Å². The zero-order chi connectivity index (χ0) is 0. The fraction of sp³-hybridized carbons (Fsp3) is 0. The summed E-state index contributed by atoms with van der Waals surface area (Å²) >= 11 is 0. The van der Waals surface area contributed by atoms with E-state index in [1.807, 2.05) is 0 Å². The maximum Gasteiger partial charge on any atom is 0 e. The van der Waals surface area contributed by atoms with Crippen molar-refractivity contribution in [2.75, 3.05) is 0 Å². The SMILES string of the molecule is [LiH].[Mn].[NaH].[Ni]. The Morgan fingerprint density at radius 1 is 1.00 bits per heavy atom. The molecule has 0 N–H and O–H groups in total. The predicted octanol–water partition coefficient (Wildman–Crippen LogP) is -1.30. The van der Waals surface area contributed by atoms with E-state index >= 15 is 0 Å². The van der Waals surface area contributed by atoms with Gasteiger partial charge in [0.1, 0.15) is 0 Å². The Morgan fingerprint density at radius 2 is 1.00 bits per heavy atom. The molecule has 0 bridgehead atoms. The minimum absolute atomic E-state index is 0. The molecule has 0 aromatic carbocycles. The Hall–Kier alpha value is 2.61. The number of hydrogen-bond acceptors (Lipinski definition) is 0. The third-order valence-corrected chi connectivity index (χ3v) is 0. The molecule has 0 aliphatic carbocycles. The van der Waals surface area contributed by atoms with Crippen LogP contribution in [0.5, 0.6) is 0 Å². The first kappa shape index (κ1) is 30.5. The fourth-order valence-corrected chi connectivity index (χ4v) is 0. The van der Waals surface area contributed by atoms with E-state index in [2.05, 4.69) is 0 Å². The van der Waals surface area contributed by atoms with E-state index in [0.29, 0.717) is 0 Å². The van der Waals surface area contributed by atoms with Crippen LogP contribution in [0, 0.1) is 0 Å². The van der Waals surface area contributed by atoms with E-state index in [4.69, 9.17) is 0 Å². The van der Waals surface area contributed by atoms with Gasteiger partial charge in [-0.2, -0.15) is 0 Å². The first-order valence-corrected chi connectivity index (χ1v) is 0. The van der Waals surface area contributed by atoms with Gasteiger partial charge in [0.05, 0.1) is 0 Å². The standard InChI is InChI=1S/Li.Mn.Na.Ni.2H. The van der Waals surface area contributed by atoms with Crippen molar-refractivity contribution in [1.29, 1.82) is 0 Å². The van der Waals surface area contributed by atoms with E-state index in [-0.39, 0.29) is 82.0 Å². The molecule has 0 saturated carbocycles. The molecule has 0 unspecified atom stereocenters. The van der Waals surface area contributed by atoms with Crippen molar-refractivity contribution >= 4 is 48.4 Å². The Balaban J connectivity index is 0. The van der Waals surface area contributed by atoms with Gasteiger partial charge in [0.25, 0.3) is 0 Å².